The molecule has 6 heteroatoms. The summed E-state index contributed by atoms with van der Waals surface area (Å²) in [5, 5.41) is 0. The molecule has 0 aliphatic heterocycles. The lowest BCUT2D eigenvalue weighted by molar-refractivity contribution is -0.167. The van der Waals surface area contributed by atoms with E-state index in [1.807, 2.05) is 0 Å². The fourth-order valence-electron chi connectivity index (χ4n) is 9.58. The molecule has 0 rings (SSSR count). The summed E-state index contributed by atoms with van der Waals surface area (Å²) in [4.78, 5) is 38.4. The summed E-state index contributed by atoms with van der Waals surface area (Å²) in [5.41, 5.74) is 0. The smallest absolute Gasteiger partial charge is 0.306 e. The van der Waals surface area contributed by atoms with Crippen LogP contribution in [0.2, 0.25) is 0 Å². The van der Waals surface area contributed by atoms with Crippen LogP contribution in [0.15, 0.2) is 85.1 Å². The van der Waals surface area contributed by atoms with Crippen LogP contribution in [0.4, 0.5) is 0 Å². The van der Waals surface area contributed by atoms with Gasteiger partial charge in [0.2, 0.25) is 0 Å². The maximum Gasteiger partial charge on any atom is 0.306 e. The number of esters is 3. The van der Waals surface area contributed by atoms with Crippen LogP contribution in [0.3, 0.4) is 0 Å². The minimum absolute atomic E-state index is 0.0799. The van der Waals surface area contributed by atoms with Gasteiger partial charge >= 0.3 is 17.9 Å². The predicted octanol–water partition coefficient (Wildman–Crippen LogP) is 23.1. The van der Waals surface area contributed by atoms with E-state index in [4.69, 9.17) is 14.2 Å². The highest BCUT2D eigenvalue weighted by atomic mass is 16.6. The van der Waals surface area contributed by atoms with Crippen molar-refractivity contribution >= 4 is 17.9 Å². The Morgan fingerprint density at radius 2 is 0.500 bits per heavy atom. The minimum Gasteiger partial charge on any atom is -0.462 e. The summed E-state index contributed by atoms with van der Waals surface area (Å²) in [6, 6.07) is 0. The zero-order valence-electron chi connectivity index (χ0n) is 51.7. The van der Waals surface area contributed by atoms with Gasteiger partial charge in [0.05, 0.1) is 0 Å². The number of hydrogen-bond acceptors (Lipinski definition) is 6. The Kier molecular flexibility index (Phi) is 63.2. The molecule has 0 N–H and O–H groups in total. The summed E-state index contributed by atoms with van der Waals surface area (Å²) >= 11 is 0. The Morgan fingerprint density at radius 3 is 0.821 bits per heavy atom. The van der Waals surface area contributed by atoms with Crippen molar-refractivity contribution in [1.29, 1.82) is 0 Å². The highest BCUT2D eigenvalue weighted by Crippen LogP contribution is 2.17. The minimum atomic E-state index is -0.784. The van der Waals surface area contributed by atoms with Crippen LogP contribution >= 0.6 is 0 Å². The van der Waals surface area contributed by atoms with Crippen molar-refractivity contribution in [3.05, 3.63) is 85.1 Å². The van der Waals surface area contributed by atoms with Crippen LogP contribution in [0.1, 0.15) is 335 Å². The molecule has 78 heavy (non-hydrogen) atoms. The van der Waals surface area contributed by atoms with E-state index in [0.717, 1.165) is 89.9 Å². The summed E-state index contributed by atoms with van der Waals surface area (Å²) in [7, 11) is 0. The molecular weight excluding hydrogens is 961 g/mol. The van der Waals surface area contributed by atoms with E-state index in [0.29, 0.717) is 19.3 Å². The molecule has 0 aromatic carbocycles. The van der Waals surface area contributed by atoms with Crippen LogP contribution in [0.25, 0.3) is 0 Å². The van der Waals surface area contributed by atoms with E-state index >= 15 is 0 Å². The second kappa shape index (κ2) is 66.1. The molecule has 0 heterocycles. The lowest BCUT2D eigenvalue weighted by atomic mass is 10.1. The lowest BCUT2D eigenvalue weighted by Gasteiger charge is -2.18. The molecule has 0 saturated heterocycles. The molecule has 0 aromatic rings. The van der Waals surface area contributed by atoms with Crippen molar-refractivity contribution in [3.63, 3.8) is 0 Å². The molecule has 1 unspecified atom stereocenters. The average Bonchev–Trinajstić information content (AvgIpc) is 3.44. The average molecular weight is 1090 g/mol. The first-order valence-corrected chi connectivity index (χ1v) is 33.6. The second-order valence-electron chi connectivity index (χ2n) is 22.3. The largest absolute Gasteiger partial charge is 0.462 e. The fraction of sp³-hybridized carbons (Fsp3) is 0.764. The van der Waals surface area contributed by atoms with Gasteiger partial charge in [-0.1, -0.05) is 286 Å². The van der Waals surface area contributed by atoms with E-state index in [2.05, 4.69) is 106 Å². The van der Waals surface area contributed by atoms with Gasteiger partial charge in [0.15, 0.2) is 6.10 Å². The Morgan fingerprint density at radius 1 is 0.269 bits per heavy atom. The van der Waals surface area contributed by atoms with Crippen molar-refractivity contribution in [2.24, 2.45) is 0 Å². The van der Waals surface area contributed by atoms with Crippen molar-refractivity contribution in [1.82, 2.24) is 0 Å². The van der Waals surface area contributed by atoms with Crippen molar-refractivity contribution < 1.29 is 28.6 Å². The fourth-order valence-corrected chi connectivity index (χ4v) is 9.58. The summed E-state index contributed by atoms with van der Waals surface area (Å²) in [6.45, 7) is 6.53. The van der Waals surface area contributed by atoms with Gasteiger partial charge in [0.25, 0.3) is 0 Å². The van der Waals surface area contributed by atoms with Crippen molar-refractivity contribution in [2.75, 3.05) is 13.2 Å². The predicted molar refractivity (Wildman–Crippen MR) is 339 cm³/mol. The molecule has 1 atom stereocenters. The summed E-state index contributed by atoms with van der Waals surface area (Å²) in [6.07, 6.45) is 87.3. The van der Waals surface area contributed by atoms with Gasteiger partial charge in [-0.05, 0) is 116 Å². The summed E-state index contributed by atoms with van der Waals surface area (Å²) in [5.74, 6) is -0.876. The van der Waals surface area contributed by atoms with E-state index in [1.165, 1.54) is 205 Å². The van der Waals surface area contributed by atoms with Gasteiger partial charge in [0, 0.05) is 19.3 Å². The number of rotatable bonds is 61. The number of carbonyl (C=O) groups is 3. The normalized spacial score (nSPS) is 12.6. The van der Waals surface area contributed by atoms with Crippen molar-refractivity contribution in [3.8, 4) is 0 Å². The van der Waals surface area contributed by atoms with Crippen LogP contribution in [0.5, 0.6) is 0 Å². The number of unbranched alkanes of at least 4 members (excludes halogenated alkanes) is 36. The Labute approximate surface area is 484 Å². The first-order chi connectivity index (χ1) is 38.5. The zero-order valence-corrected chi connectivity index (χ0v) is 51.7. The third kappa shape index (κ3) is 63.4. The Balaban J connectivity index is 4.37. The Bertz CT molecular complexity index is 1480. The van der Waals surface area contributed by atoms with Crippen LogP contribution < -0.4 is 0 Å². The van der Waals surface area contributed by atoms with Gasteiger partial charge in [-0.15, -0.1) is 0 Å². The standard InChI is InChI=1S/C72H126O6/c1-4-7-10-13-16-19-22-25-28-31-34-35-36-37-39-41-44-47-50-53-56-59-62-65-71(74)77-68-69(67-76-70(73)64-61-58-55-52-49-46-43-40-33-30-27-24-21-18-15-12-9-6-3)78-72(75)66-63-60-57-54-51-48-45-42-38-32-29-26-23-20-17-14-11-8-5-2/h7,10,16-17,19-20,25-26,28-30,33-35,69H,4-6,8-9,11-15,18,21-24,27,31-32,36-68H2,1-3H3/b10-7-,19-16-,20-17-,28-25-,29-26-,33-30-,35-34-. The maximum atomic E-state index is 12.9. The zero-order chi connectivity index (χ0) is 56.4. The molecule has 0 radical (unpaired) electrons. The van der Waals surface area contributed by atoms with E-state index in [-0.39, 0.29) is 31.1 Å². The van der Waals surface area contributed by atoms with Crippen LogP contribution in [-0.2, 0) is 28.6 Å². The van der Waals surface area contributed by atoms with Gasteiger partial charge in [-0.2, -0.15) is 0 Å². The van der Waals surface area contributed by atoms with Gasteiger partial charge in [0.1, 0.15) is 13.2 Å². The number of ether oxygens (including phenoxy) is 3. The van der Waals surface area contributed by atoms with Gasteiger partial charge < -0.3 is 14.2 Å². The molecule has 6 nitrogen and oxygen atoms in total. The molecule has 0 spiro atoms. The molecule has 0 bridgehead atoms. The third-order valence-electron chi connectivity index (χ3n) is 14.6. The molecule has 450 valence electrons. The first-order valence-electron chi connectivity index (χ1n) is 33.6. The number of allylic oxidation sites excluding steroid dienone is 14. The van der Waals surface area contributed by atoms with Crippen molar-refractivity contribution in [2.45, 2.75) is 341 Å². The second-order valence-corrected chi connectivity index (χ2v) is 22.3. The van der Waals surface area contributed by atoms with E-state index < -0.39 is 6.10 Å². The summed E-state index contributed by atoms with van der Waals surface area (Å²) < 4.78 is 17.0. The maximum absolute atomic E-state index is 12.9. The van der Waals surface area contributed by atoms with Gasteiger partial charge in [-0.3, -0.25) is 14.4 Å². The first kappa shape index (κ1) is 74.6. The molecule has 0 aliphatic carbocycles. The molecule has 0 amide bonds. The number of carbonyl (C=O) groups excluding carboxylic acids is 3. The monoisotopic (exact) mass is 1090 g/mol. The molecule has 0 saturated carbocycles. The highest BCUT2D eigenvalue weighted by molar-refractivity contribution is 5.71. The molecule has 0 aromatic heterocycles. The number of hydrogen-bond donors (Lipinski definition) is 0. The molecule has 0 aliphatic rings. The lowest BCUT2D eigenvalue weighted by Crippen LogP contribution is -2.30. The molecular formula is C72H126O6. The van der Waals surface area contributed by atoms with Gasteiger partial charge in [-0.25, -0.2) is 0 Å². The van der Waals surface area contributed by atoms with E-state index in [9.17, 15) is 14.4 Å². The SMILES string of the molecule is CC/C=C\C/C=C\C/C=C\C/C=C\CCCCCCCCCCCCC(=O)OCC(COC(=O)CCCCCCCCC/C=C\CCCCCCCCC)OC(=O)CCCCCCCCCCC/C=C\C/C=C\CCCCC. The highest BCUT2D eigenvalue weighted by Gasteiger charge is 2.19. The van der Waals surface area contributed by atoms with Crippen LogP contribution in [-0.4, -0.2) is 37.2 Å². The quantitative estimate of drug-likeness (QED) is 0.0261. The Hall–Kier alpha value is -3.41. The van der Waals surface area contributed by atoms with Crippen LogP contribution in [0, 0.1) is 0 Å². The van der Waals surface area contributed by atoms with E-state index in [1.54, 1.807) is 0 Å². The molecule has 0 fully saturated rings. The third-order valence-corrected chi connectivity index (χ3v) is 14.6. The topological polar surface area (TPSA) is 78.9 Å².